The second-order valence-electron chi connectivity index (χ2n) is 10.1. The highest BCUT2D eigenvalue weighted by atomic mass is 19.3. The quantitative estimate of drug-likeness (QED) is 0.817. The predicted molar refractivity (Wildman–Crippen MR) is 94.9 cm³/mol. The summed E-state index contributed by atoms with van der Waals surface area (Å²) in [5, 5.41) is 14.5. The Bertz CT molecular complexity index is 882. The lowest BCUT2D eigenvalue weighted by Crippen LogP contribution is -2.59. The molecule has 6 fully saturated rings. The Labute approximate surface area is 161 Å². The van der Waals surface area contributed by atoms with Gasteiger partial charge in [-0.1, -0.05) is 0 Å². The molecule has 0 saturated heterocycles. The van der Waals surface area contributed by atoms with Crippen LogP contribution in [0.2, 0.25) is 0 Å². The fraction of sp³-hybridized carbons (Fsp3) is 0.682. The van der Waals surface area contributed by atoms with Crippen molar-refractivity contribution in [1.82, 2.24) is 5.32 Å². The van der Waals surface area contributed by atoms with Crippen LogP contribution in [0.4, 0.5) is 8.78 Å². The van der Waals surface area contributed by atoms with Gasteiger partial charge in [-0.05, 0) is 84.5 Å². The van der Waals surface area contributed by atoms with Gasteiger partial charge in [0, 0.05) is 12.1 Å². The minimum atomic E-state index is -2.73. The standard InChI is InChI=1S/C22H23F2NO3/c23-22(24)7-15(22)28-10-3-1-9(2-4-10)20(26)25-8-21(27)18-12-6-13-16-11(12)5-14(18)17(16)19(13)21/h1-4,11-19,27H,5-8H2,(H,25,26). The van der Waals surface area contributed by atoms with Crippen molar-refractivity contribution in [2.24, 2.45) is 47.3 Å². The highest BCUT2D eigenvalue weighted by Crippen LogP contribution is 2.85. The summed E-state index contributed by atoms with van der Waals surface area (Å²) in [4.78, 5) is 12.6. The third kappa shape index (κ3) is 1.73. The number of amides is 1. The summed E-state index contributed by atoms with van der Waals surface area (Å²) < 4.78 is 31.1. The van der Waals surface area contributed by atoms with E-state index < -0.39 is 17.6 Å². The molecule has 148 valence electrons. The molecule has 0 heterocycles. The van der Waals surface area contributed by atoms with Crippen molar-refractivity contribution in [3.05, 3.63) is 29.8 Å². The monoisotopic (exact) mass is 387 g/mol. The maximum Gasteiger partial charge on any atom is 0.288 e. The lowest BCUT2D eigenvalue weighted by molar-refractivity contribution is -0.126. The van der Waals surface area contributed by atoms with Crippen LogP contribution in [-0.2, 0) is 0 Å². The van der Waals surface area contributed by atoms with Crippen molar-refractivity contribution in [3.8, 4) is 5.75 Å². The number of alkyl halides is 2. The van der Waals surface area contributed by atoms with E-state index >= 15 is 0 Å². The van der Waals surface area contributed by atoms with Crippen LogP contribution in [0.25, 0.3) is 0 Å². The first-order valence-electron chi connectivity index (χ1n) is 10.5. The molecule has 4 nitrogen and oxygen atoms in total. The van der Waals surface area contributed by atoms with E-state index in [-0.39, 0.29) is 12.3 Å². The van der Waals surface area contributed by atoms with Crippen molar-refractivity contribution in [3.63, 3.8) is 0 Å². The van der Waals surface area contributed by atoms with Crippen molar-refractivity contribution in [2.45, 2.75) is 36.9 Å². The molecule has 10 atom stereocenters. The lowest BCUT2D eigenvalue weighted by Gasteiger charge is -2.51. The maximum atomic E-state index is 12.9. The van der Waals surface area contributed by atoms with Gasteiger partial charge < -0.3 is 15.2 Å². The Morgan fingerprint density at radius 3 is 2.46 bits per heavy atom. The van der Waals surface area contributed by atoms with Crippen LogP contribution in [0.3, 0.4) is 0 Å². The molecular weight excluding hydrogens is 364 g/mol. The van der Waals surface area contributed by atoms with E-state index in [1.807, 2.05) is 0 Å². The zero-order chi connectivity index (χ0) is 19.0. The number of aliphatic hydroxyl groups is 1. The van der Waals surface area contributed by atoms with E-state index in [1.165, 1.54) is 12.8 Å². The Kier molecular flexibility index (Phi) is 2.72. The largest absolute Gasteiger partial charge is 0.484 e. The Morgan fingerprint density at radius 1 is 1.07 bits per heavy atom. The van der Waals surface area contributed by atoms with Gasteiger partial charge in [-0.2, -0.15) is 0 Å². The van der Waals surface area contributed by atoms with Gasteiger partial charge in [-0.3, -0.25) is 4.79 Å². The first-order valence-corrected chi connectivity index (χ1v) is 10.5. The molecule has 6 saturated carbocycles. The number of carbonyl (C=O) groups is 1. The van der Waals surface area contributed by atoms with Gasteiger partial charge in [-0.25, -0.2) is 8.78 Å². The van der Waals surface area contributed by atoms with Gasteiger partial charge in [0.1, 0.15) is 5.75 Å². The zero-order valence-corrected chi connectivity index (χ0v) is 15.4. The summed E-state index contributed by atoms with van der Waals surface area (Å²) in [7, 11) is 0. The van der Waals surface area contributed by atoms with E-state index in [1.54, 1.807) is 24.3 Å². The number of rotatable bonds is 5. The van der Waals surface area contributed by atoms with Crippen molar-refractivity contribution in [2.75, 3.05) is 6.54 Å². The molecule has 2 bridgehead atoms. The molecule has 0 aliphatic heterocycles. The van der Waals surface area contributed by atoms with Gasteiger partial charge in [0.15, 0.2) is 6.10 Å². The lowest BCUT2D eigenvalue weighted by atomic mass is 9.56. The Balaban J connectivity index is 1.04. The van der Waals surface area contributed by atoms with Crippen molar-refractivity contribution in [1.29, 1.82) is 0 Å². The third-order valence-corrected chi connectivity index (χ3v) is 9.21. The average Bonchev–Trinajstić information content (AvgIpc) is 2.85. The molecule has 2 N–H and O–H groups in total. The number of benzene rings is 1. The minimum absolute atomic E-state index is 0.227. The molecular formula is C22H23F2NO3. The van der Waals surface area contributed by atoms with Gasteiger partial charge in [0.2, 0.25) is 0 Å². The molecule has 6 heteroatoms. The van der Waals surface area contributed by atoms with Gasteiger partial charge in [0.05, 0.1) is 12.0 Å². The maximum absolute atomic E-state index is 12.9. The Morgan fingerprint density at radius 2 is 1.75 bits per heavy atom. The Hall–Kier alpha value is -1.69. The van der Waals surface area contributed by atoms with E-state index in [2.05, 4.69) is 5.32 Å². The number of carbonyl (C=O) groups excluding carboxylic acids is 1. The number of hydrogen-bond donors (Lipinski definition) is 2. The summed E-state index contributed by atoms with van der Waals surface area (Å²) in [6, 6.07) is 6.30. The summed E-state index contributed by atoms with van der Waals surface area (Å²) in [5.74, 6) is 2.61. The van der Waals surface area contributed by atoms with E-state index in [9.17, 15) is 18.7 Å². The van der Waals surface area contributed by atoms with Crippen LogP contribution in [0, 0.1) is 47.3 Å². The highest BCUT2D eigenvalue weighted by molar-refractivity contribution is 5.94. The molecule has 0 spiro atoms. The normalized spacial score (nSPS) is 52.0. The molecule has 1 amide bonds. The zero-order valence-electron chi connectivity index (χ0n) is 15.4. The second-order valence-corrected chi connectivity index (χ2v) is 10.1. The smallest absolute Gasteiger partial charge is 0.288 e. The summed E-state index contributed by atoms with van der Waals surface area (Å²) in [5.41, 5.74) is -0.276. The van der Waals surface area contributed by atoms with Crippen LogP contribution in [0.1, 0.15) is 29.6 Å². The number of fused-ring (bicyclic) bond motifs is 2. The van der Waals surface area contributed by atoms with Crippen LogP contribution in [-0.4, -0.2) is 35.2 Å². The van der Waals surface area contributed by atoms with Crippen LogP contribution < -0.4 is 10.1 Å². The molecule has 6 aliphatic rings. The first-order chi connectivity index (χ1) is 13.4. The minimum Gasteiger partial charge on any atom is -0.484 e. The van der Waals surface area contributed by atoms with Gasteiger partial charge in [0.25, 0.3) is 11.8 Å². The fourth-order valence-electron chi connectivity index (χ4n) is 8.45. The molecule has 0 radical (unpaired) electrons. The van der Waals surface area contributed by atoms with E-state index in [0.717, 1.165) is 11.8 Å². The number of nitrogens with one attached hydrogen (secondary N) is 1. The van der Waals surface area contributed by atoms with E-state index in [0.29, 0.717) is 53.4 Å². The topological polar surface area (TPSA) is 58.6 Å². The van der Waals surface area contributed by atoms with Crippen LogP contribution in [0.5, 0.6) is 5.75 Å². The second kappa shape index (κ2) is 4.72. The van der Waals surface area contributed by atoms with Crippen LogP contribution in [0.15, 0.2) is 24.3 Å². The SMILES string of the molecule is O=C(NCC1(O)C2C3CC4C5C3CC2C5C41)c1ccc(OC2CC2(F)F)cc1. The summed E-state index contributed by atoms with van der Waals surface area (Å²) in [6.45, 7) is 0.327. The van der Waals surface area contributed by atoms with Crippen molar-refractivity contribution >= 4 is 5.91 Å². The molecule has 1 aromatic carbocycles. The molecule has 10 unspecified atom stereocenters. The van der Waals surface area contributed by atoms with Gasteiger partial charge >= 0.3 is 0 Å². The molecule has 28 heavy (non-hydrogen) atoms. The molecule has 1 aromatic rings. The molecule has 7 rings (SSSR count). The number of ether oxygens (including phenoxy) is 1. The fourth-order valence-corrected chi connectivity index (χ4v) is 8.45. The number of hydrogen-bond acceptors (Lipinski definition) is 3. The highest BCUT2D eigenvalue weighted by Gasteiger charge is 2.84. The van der Waals surface area contributed by atoms with Crippen molar-refractivity contribution < 1.29 is 23.4 Å². The average molecular weight is 387 g/mol. The van der Waals surface area contributed by atoms with Gasteiger partial charge in [-0.15, -0.1) is 0 Å². The third-order valence-electron chi connectivity index (χ3n) is 9.21. The predicted octanol–water partition coefficient (Wildman–Crippen LogP) is 2.71. The van der Waals surface area contributed by atoms with E-state index in [4.69, 9.17) is 4.74 Å². The van der Waals surface area contributed by atoms with Crippen LogP contribution >= 0.6 is 0 Å². The summed E-state index contributed by atoms with van der Waals surface area (Å²) in [6.07, 6.45) is 1.30. The summed E-state index contributed by atoms with van der Waals surface area (Å²) >= 11 is 0. The number of halogens is 2. The molecule has 6 aliphatic carbocycles. The first kappa shape index (κ1) is 16.1. The molecule has 0 aromatic heterocycles.